The number of phenolic OH excluding ortho intramolecular Hbond substituents is 1. The fourth-order valence-electron chi connectivity index (χ4n) is 3.75. The number of benzene rings is 3. The Morgan fingerprint density at radius 3 is 2.00 bits per heavy atom. The lowest BCUT2D eigenvalue weighted by molar-refractivity contribution is -0.136. The van der Waals surface area contributed by atoms with Crippen molar-refractivity contribution in [3.8, 4) is 16.9 Å². The van der Waals surface area contributed by atoms with Crippen LogP contribution in [-0.4, -0.2) is 59.6 Å². The van der Waals surface area contributed by atoms with Gasteiger partial charge in [-0.1, -0.05) is 54.6 Å². The molecule has 1 aliphatic heterocycles. The van der Waals surface area contributed by atoms with Crippen LogP contribution in [0.4, 0.5) is 0 Å². The Morgan fingerprint density at radius 2 is 1.38 bits per heavy atom. The van der Waals surface area contributed by atoms with Crippen LogP contribution in [0.15, 0.2) is 78.9 Å². The van der Waals surface area contributed by atoms with Crippen LogP contribution in [0.2, 0.25) is 0 Å². The normalized spacial score (nSPS) is 14.2. The number of rotatable bonds is 6. The van der Waals surface area contributed by atoms with Crippen LogP contribution in [0.3, 0.4) is 0 Å². The van der Waals surface area contributed by atoms with Gasteiger partial charge in [0, 0.05) is 32.7 Å². The minimum Gasteiger partial charge on any atom is -0.508 e. The van der Waals surface area contributed by atoms with Crippen LogP contribution in [0.1, 0.15) is 15.9 Å². The molecule has 0 unspecified atom stereocenters. The van der Waals surface area contributed by atoms with Crippen molar-refractivity contribution in [3.63, 3.8) is 0 Å². The molecule has 1 N–H and O–H groups in total. The van der Waals surface area contributed by atoms with Gasteiger partial charge in [0.15, 0.2) is 6.61 Å². The topological polar surface area (TPSA) is 70.1 Å². The number of nitrogens with zero attached hydrogens (tertiary/aromatic N) is 2. The van der Waals surface area contributed by atoms with E-state index in [-0.39, 0.29) is 18.3 Å². The van der Waals surface area contributed by atoms with Crippen LogP contribution in [-0.2, 0) is 16.1 Å². The molecule has 1 aliphatic rings. The molecule has 0 spiro atoms. The smallest absolute Gasteiger partial charge is 0.338 e. The average Bonchev–Trinajstić information content (AvgIpc) is 2.84. The molecule has 1 heterocycles. The third-order valence-electron chi connectivity index (χ3n) is 5.62. The first-order valence-corrected chi connectivity index (χ1v) is 10.7. The highest BCUT2D eigenvalue weighted by Gasteiger charge is 2.22. The van der Waals surface area contributed by atoms with Gasteiger partial charge in [-0.3, -0.25) is 9.69 Å². The lowest BCUT2D eigenvalue weighted by Gasteiger charge is -2.34. The Hall–Kier alpha value is -3.64. The number of amides is 1. The average molecular weight is 431 g/mol. The van der Waals surface area contributed by atoms with Crippen molar-refractivity contribution < 1.29 is 19.4 Å². The van der Waals surface area contributed by atoms with Crippen LogP contribution < -0.4 is 0 Å². The summed E-state index contributed by atoms with van der Waals surface area (Å²) in [5, 5.41) is 9.40. The minimum absolute atomic E-state index is 0.168. The molecule has 1 fully saturated rings. The summed E-state index contributed by atoms with van der Waals surface area (Å²) in [6.07, 6.45) is 0. The molecule has 164 valence electrons. The summed E-state index contributed by atoms with van der Waals surface area (Å²) < 4.78 is 5.25. The maximum Gasteiger partial charge on any atom is 0.338 e. The van der Waals surface area contributed by atoms with E-state index in [2.05, 4.69) is 17.0 Å². The molecular formula is C26H26N2O4. The van der Waals surface area contributed by atoms with Gasteiger partial charge in [0.25, 0.3) is 5.91 Å². The summed E-state index contributed by atoms with van der Waals surface area (Å²) in [6.45, 7) is 3.48. The SMILES string of the molecule is O=C(OCC(=O)N1CCN(Cc2ccccc2)CC1)c1ccc(-c2ccc(O)cc2)cc1. The molecule has 32 heavy (non-hydrogen) atoms. The number of hydrogen-bond acceptors (Lipinski definition) is 5. The van der Waals surface area contributed by atoms with Gasteiger partial charge < -0.3 is 14.7 Å². The molecule has 0 bridgehead atoms. The third-order valence-corrected chi connectivity index (χ3v) is 5.62. The number of phenols is 1. The highest BCUT2D eigenvalue weighted by molar-refractivity contribution is 5.91. The van der Waals surface area contributed by atoms with Gasteiger partial charge in [0.1, 0.15) is 5.75 Å². The minimum atomic E-state index is -0.515. The fraction of sp³-hybridized carbons (Fsp3) is 0.231. The molecule has 3 aromatic carbocycles. The molecule has 4 rings (SSSR count). The quantitative estimate of drug-likeness (QED) is 0.606. The molecule has 0 aliphatic carbocycles. The van der Waals surface area contributed by atoms with Crippen LogP contribution >= 0.6 is 0 Å². The Balaban J connectivity index is 1.23. The molecule has 0 saturated carbocycles. The first kappa shape index (κ1) is 21.6. The molecular weight excluding hydrogens is 404 g/mol. The van der Waals surface area contributed by atoms with E-state index < -0.39 is 5.97 Å². The number of hydrogen-bond donors (Lipinski definition) is 1. The summed E-state index contributed by atoms with van der Waals surface area (Å²) in [6, 6.07) is 24.1. The second-order valence-electron chi connectivity index (χ2n) is 7.84. The van der Waals surface area contributed by atoms with Gasteiger partial charge in [-0.15, -0.1) is 0 Å². The highest BCUT2D eigenvalue weighted by atomic mass is 16.5. The Labute approximate surface area is 187 Å². The number of aromatic hydroxyl groups is 1. The third kappa shape index (κ3) is 5.53. The van der Waals surface area contributed by atoms with Crippen molar-refractivity contribution >= 4 is 11.9 Å². The second-order valence-corrected chi connectivity index (χ2v) is 7.84. The summed E-state index contributed by atoms with van der Waals surface area (Å²) in [4.78, 5) is 28.9. The van der Waals surface area contributed by atoms with E-state index in [0.29, 0.717) is 18.7 Å². The van der Waals surface area contributed by atoms with Crippen molar-refractivity contribution in [2.45, 2.75) is 6.54 Å². The second kappa shape index (κ2) is 10.1. The van der Waals surface area contributed by atoms with Gasteiger partial charge >= 0.3 is 5.97 Å². The molecule has 6 nitrogen and oxygen atoms in total. The van der Waals surface area contributed by atoms with Crippen LogP contribution in [0.5, 0.6) is 5.75 Å². The van der Waals surface area contributed by atoms with Gasteiger partial charge in [-0.2, -0.15) is 0 Å². The number of ether oxygens (including phenoxy) is 1. The van der Waals surface area contributed by atoms with E-state index in [9.17, 15) is 14.7 Å². The van der Waals surface area contributed by atoms with Gasteiger partial charge in [0.2, 0.25) is 0 Å². The zero-order valence-electron chi connectivity index (χ0n) is 17.8. The first-order valence-electron chi connectivity index (χ1n) is 10.7. The molecule has 0 aromatic heterocycles. The van der Waals surface area contributed by atoms with Crippen LogP contribution in [0.25, 0.3) is 11.1 Å². The largest absolute Gasteiger partial charge is 0.508 e. The molecule has 3 aromatic rings. The van der Waals surface area contributed by atoms with E-state index in [1.54, 1.807) is 41.3 Å². The van der Waals surface area contributed by atoms with E-state index >= 15 is 0 Å². The Bertz CT molecular complexity index is 1040. The summed E-state index contributed by atoms with van der Waals surface area (Å²) in [7, 11) is 0. The summed E-state index contributed by atoms with van der Waals surface area (Å²) >= 11 is 0. The molecule has 1 amide bonds. The number of esters is 1. The monoisotopic (exact) mass is 430 g/mol. The Kier molecular flexibility index (Phi) is 6.82. The molecule has 0 atom stereocenters. The zero-order valence-corrected chi connectivity index (χ0v) is 17.8. The van der Waals surface area contributed by atoms with E-state index in [4.69, 9.17) is 4.74 Å². The molecule has 1 saturated heterocycles. The fourth-order valence-corrected chi connectivity index (χ4v) is 3.75. The predicted molar refractivity (Wildman–Crippen MR) is 122 cm³/mol. The summed E-state index contributed by atoms with van der Waals surface area (Å²) in [5.74, 6) is -0.479. The summed E-state index contributed by atoms with van der Waals surface area (Å²) in [5.41, 5.74) is 3.51. The molecule has 6 heteroatoms. The highest BCUT2D eigenvalue weighted by Crippen LogP contribution is 2.22. The zero-order chi connectivity index (χ0) is 22.3. The van der Waals surface area contributed by atoms with Gasteiger partial charge in [0.05, 0.1) is 5.56 Å². The maximum atomic E-state index is 12.5. The van der Waals surface area contributed by atoms with Crippen molar-refractivity contribution in [2.75, 3.05) is 32.8 Å². The van der Waals surface area contributed by atoms with Crippen LogP contribution in [0, 0.1) is 0 Å². The predicted octanol–water partition coefficient (Wildman–Crippen LogP) is 3.56. The molecule has 0 radical (unpaired) electrons. The number of piperazine rings is 1. The maximum absolute atomic E-state index is 12.5. The van der Waals surface area contributed by atoms with Crippen molar-refractivity contribution in [2.24, 2.45) is 0 Å². The van der Waals surface area contributed by atoms with Crippen molar-refractivity contribution in [1.29, 1.82) is 0 Å². The Morgan fingerprint density at radius 1 is 0.781 bits per heavy atom. The van der Waals surface area contributed by atoms with E-state index in [0.717, 1.165) is 30.8 Å². The number of carbonyl (C=O) groups excluding carboxylic acids is 2. The van der Waals surface area contributed by atoms with E-state index in [1.165, 1.54) is 5.56 Å². The van der Waals surface area contributed by atoms with E-state index in [1.807, 2.05) is 30.3 Å². The lowest BCUT2D eigenvalue weighted by atomic mass is 10.0. The number of carbonyl (C=O) groups is 2. The van der Waals surface area contributed by atoms with Crippen molar-refractivity contribution in [3.05, 3.63) is 90.0 Å². The van der Waals surface area contributed by atoms with Gasteiger partial charge in [-0.25, -0.2) is 4.79 Å². The van der Waals surface area contributed by atoms with Gasteiger partial charge in [-0.05, 0) is 41.0 Å². The standard InChI is InChI=1S/C26H26N2O4/c29-24-12-10-22(11-13-24)21-6-8-23(9-7-21)26(31)32-19-25(30)28-16-14-27(15-17-28)18-20-4-2-1-3-5-20/h1-13,29H,14-19H2. The van der Waals surface area contributed by atoms with Crippen molar-refractivity contribution in [1.82, 2.24) is 9.80 Å². The lowest BCUT2D eigenvalue weighted by Crippen LogP contribution is -2.49. The first-order chi connectivity index (χ1) is 15.6.